The highest BCUT2D eigenvalue weighted by molar-refractivity contribution is 9.10. The van der Waals surface area contributed by atoms with E-state index in [0.717, 1.165) is 37.8 Å². The van der Waals surface area contributed by atoms with E-state index in [4.69, 9.17) is 0 Å². The van der Waals surface area contributed by atoms with Crippen molar-refractivity contribution in [1.29, 1.82) is 0 Å². The van der Waals surface area contributed by atoms with E-state index in [1.807, 2.05) is 0 Å². The van der Waals surface area contributed by atoms with Gasteiger partial charge in [0.1, 0.15) is 4.47 Å². The molecule has 1 fully saturated rings. The molecule has 0 aliphatic heterocycles. The number of halogens is 1. The summed E-state index contributed by atoms with van der Waals surface area (Å²) < 4.78 is 2.03. The molecule has 0 bridgehead atoms. The van der Waals surface area contributed by atoms with Gasteiger partial charge in [-0.1, -0.05) is 19.8 Å². The maximum absolute atomic E-state index is 12.2. The summed E-state index contributed by atoms with van der Waals surface area (Å²) >= 11 is 3.37. The van der Waals surface area contributed by atoms with Gasteiger partial charge in [-0.2, -0.15) is 5.10 Å². The quantitative estimate of drug-likeness (QED) is 0.832. The number of unbranched alkanes of at least 4 members (excludes halogenated alkanes) is 1. The summed E-state index contributed by atoms with van der Waals surface area (Å²) in [6.07, 6.45) is 6.85. The number of nitrogens with zero attached hydrogens (tertiary/aromatic N) is 2. The Morgan fingerprint density at radius 1 is 1.55 bits per heavy atom. The van der Waals surface area contributed by atoms with Crippen LogP contribution in [0.5, 0.6) is 0 Å². The van der Waals surface area contributed by atoms with Crippen molar-refractivity contribution in [2.45, 2.75) is 51.6 Å². The molecule has 2 N–H and O–H groups in total. The summed E-state index contributed by atoms with van der Waals surface area (Å²) in [6, 6.07) is 0.226. The van der Waals surface area contributed by atoms with Crippen molar-refractivity contribution < 1.29 is 5.11 Å². The van der Waals surface area contributed by atoms with Crippen LogP contribution in [0, 0.1) is 5.92 Å². The fourth-order valence-corrected chi connectivity index (χ4v) is 3.10. The largest absolute Gasteiger partial charge is 0.396 e. The van der Waals surface area contributed by atoms with Crippen molar-refractivity contribution in [1.82, 2.24) is 9.78 Å². The van der Waals surface area contributed by atoms with Crippen molar-refractivity contribution >= 4 is 21.6 Å². The summed E-state index contributed by atoms with van der Waals surface area (Å²) in [5.74, 6) is 0.268. The van der Waals surface area contributed by atoms with Gasteiger partial charge in [0.05, 0.1) is 11.9 Å². The standard InChI is InChI=1S/C14H22BrN3O2/c1-2-3-7-18-14(20)13(15)12(8-16-18)17-11-6-4-5-10(11)9-19/h8,10-11,17,19H,2-7,9H2,1H3. The molecule has 0 aromatic carbocycles. The van der Waals surface area contributed by atoms with Gasteiger partial charge in [0, 0.05) is 25.1 Å². The molecule has 1 heterocycles. The van der Waals surface area contributed by atoms with Crippen LogP contribution >= 0.6 is 15.9 Å². The summed E-state index contributed by atoms with van der Waals surface area (Å²) in [6.45, 7) is 2.93. The Bertz CT molecular complexity index is 504. The predicted molar refractivity (Wildman–Crippen MR) is 82.9 cm³/mol. The Balaban J connectivity index is 2.13. The van der Waals surface area contributed by atoms with E-state index in [9.17, 15) is 9.90 Å². The monoisotopic (exact) mass is 343 g/mol. The smallest absolute Gasteiger partial charge is 0.283 e. The highest BCUT2D eigenvalue weighted by atomic mass is 79.9. The van der Waals surface area contributed by atoms with Gasteiger partial charge in [0.2, 0.25) is 0 Å². The Hall–Kier alpha value is -0.880. The van der Waals surface area contributed by atoms with Gasteiger partial charge in [0.15, 0.2) is 0 Å². The van der Waals surface area contributed by atoms with Gasteiger partial charge >= 0.3 is 0 Å². The third kappa shape index (κ3) is 3.41. The van der Waals surface area contributed by atoms with Gasteiger partial charge in [-0.05, 0) is 35.2 Å². The number of aliphatic hydroxyl groups is 1. The molecule has 2 atom stereocenters. The van der Waals surface area contributed by atoms with E-state index in [0.29, 0.717) is 11.0 Å². The van der Waals surface area contributed by atoms with Crippen LogP contribution in [0.1, 0.15) is 39.0 Å². The van der Waals surface area contributed by atoms with Gasteiger partial charge in [-0.15, -0.1) is 0 Å². The minimum absolute atomic E-state index is 0.0954. The number of anilines is 1. The van der Waals surface area contributed by atoms with Crippen molar-refractivity contribution in [2.75, 3.05) is 11.9 Å². The molecule has 2 unspecified atom stereocenters. The highest BCUT2D eigenvalue weighted by Gasteiger charge is 2.27. The zero-order valence-corrected chi connectivity index (χ0v) is 13.4. The zero-order chi connectivity index (χ0) is 14.5. The lowest BCUT2D eigenvalue weighted by Gasteiger charge is -2.21. The fraction of sp³-hybridized carbons (Fsp3) is 0.714. The molecule has 112 valence electrons. The number of rotatable bonds is 6. The van der Waals surface area contributed by atoms with E-state index in [1.165, 1.54) is 4.68 Å². The predicted octanol–water partition coefficient (Wildman–Crippen LogP) is 2.38. The SMILES string of the molecule is CCCCn1ncc(NC2CCCC2CO)c(Br)c1=O. The molecule has 0 amide bonds. The molecule has 5 nitrogen and oxygen atoms in total. The number of hydrogen-bond acceptors (Lipinski definition) is 4. The molecule has 1 aliphatic carbocycles. The van der Waals surface area contributed by atoms with Gasteiger partial charge in [-0.25, -0.2) is 4.68 Å². The third-order valence-corrected chi connectivity index (χ3v) is 4.71. The average molecular weight is 344 g/mol. The Morgan fingerprint density at radius 2 is 2.35 bits per heavy atom. The van der Waals surface area contributed by atoms with E-state index in [-0.39, 0.29) is 24.1 Å². The summed E-state index contributed by atoms with van der Waals surface area (Å²) in [4.78, 5) is 12.2. The van der Waals surface area contributed by atoms with E-state index >= 15 is 0 Å². The first-order valence-electron chi connectivity index (χ1n) is 7.30. The lowest BCUT2D eigenvalue weighted by atomic mass is 10.1. The van der Waals surface area contributed by atoms with Crippen LogP contribution in [0.2, 0.25) is 0 Å². The van der Waals surface area contributed by atoms with Crippen LogP contribution in [0.4, 0.5) is 5.69 Å². The average Bonchev–Trinajstić information content (AvgIpc) is 2.90. The minimum Gasteiger partial charge on any atom is -0.396 e. The molecule has 1 aliphatic rings. The molecule has 6 heteroatoms. The molecule has 1 saturated carbocycles. The second-order valence-electron chi connectivity index (χ2n) is 5.38. The highest BCUT2D eigenvalue weighted by Crippen LogP contribution is 2.29. The maximum Gasteiger partial charge on any atom is 0.283 e. The minimum atomic E-state index is -0.0954. The first-order valence-corrected chi connectivity index (χ1v) is 8.09. The van der Waals surface area contributed by atoms with Crippen molar-refractivity contribution in [2.24, 2.45) is 5.92 Å². The Labute approximate surface area is 127 Å². The van der Waals surface area contributed by atoms with E-state index in [1.54, 1.807) is 6.20 Å². The van der Waals surface area contributed by atoms with E-state index < -0.39 is 0 Å². The summed E-state index contributed by atoms with van der Waals surface area (Å²) in [7, 11) is 0. The lowest BCUT2D eigenvalue weighted by Crippen LogP contribution is -2.29. The number of nitrogens with one attached hydrogen (secondary N) is 1. The zero-order valence-electron chi connectivity index (χ0n) is 11.8. The summed E-state index contributed by atoms with van der Waals surface area (Å²) in [5, 5.41) is 16.9. The Morgan fingerprint density at radius 3 is 3.05 bits per heavy atom. The molecular formula is C14H22BrN3O2. The topological polar surface area (TPSA) is 67.2 Å². The van der Waals surface area contributed by atoms with E-state index in [2.05, 4.69) is 33.3 Å². The van der Waals surface area contributed by atoms with Crippen LogP contribution in [0.3, 0.4) is 0 Å². The van der Waals surface area contributed by atoms with Crippen LogP contribution in [-0.2, 0) is 6.54 Å². The van der Waals surface area contributed by atoms with Crippen molar-refractivity contribution in [3.63, 3.8) is 0 Å². The molecule has 2 rings (SSSR count). The number of aliphatic hydroxyl groups excluding tert-OH is 1. The van der Waals surface area contributed by atoms with Crippen molar-refractivity contribution in [3.8, 4) is 0 Å². The second-order valence-corrected chi connectivity index (χ2v) is 6.17. The number of hydrogen-bond donors (Lipinski definition) is 2. The first kappa shape index (κ1) is 15.5. The first-order chi connectivity index (χ1) is 9.67. The molecule has 0 radical (unpaired) electrons. The molecular weight excluding hydrogens is 322 g/mol. The lowest BCUT2D eigenvalue weighted by molar-refractivity contribution is 0.222. The Kier molecular flexibility index (Phi) is 5.60. The molecule has 1 aromatic heterocycles. The van der Waals surface area contributed by atoms with Crippen LogP contribution < -0.4 is 10.9 Å². The van der Waals surface area contributed by atoms with Crippen LogP contribution in [-0.4, -0.2) is 27.5 Å². The second kappa shape index (κ2) is 7.22. The number of aryl methyl sites for hydroxylation is 1. The molecule has 0 spiro atoms. The summed E-state index contributed by atoms with van der Waals surface area (Å²) in [5.41, 5.74) is 0.634. The van der Waals surface area contributed by atoms with Gasteiger partial charge in [-0.3, -0.25) is 4.79 Å². The fourth-order valence-electron chi connectivity index (χ4n) is 2.68. The maximum atomic E-state index is 12.2. The third-order valence-electron chi connectivity index (χ3n) is 3.94. The molecule has 20 heavy (non-hydrogen) atoms. The van der Waals surface area contributed by atoms with Gasteiger partial charge in [0.25, 0.3) is 5.56 Å². The normalized spacial score (nSPS) is 22.1. The molecule has 0 saturated heterocycles. The van der Waals surface area contributed by atoms with Crippen molar-refractivity contribution in [3.05, 3.63) is 21.0 Å². The van der Waals surface area contributed by atoms with Crippen LogP contribution in [0.15, 0.2) is 15.5 Å². The number of aromatic nitrogens is 2. The van der Waals surface area contributed by atoms with Crippen LogP contribution in [0.25, 0.3) is 0 Å². The molecule has 1 aromatic rings. The van der Waals surface area contributed by atoms with Gasteiger partial charge < -0.3 is 10.4 Å².